The first-order chi connectivity index (χ1) is 18.0. The maximum Gasteiger partial charge on any atom is 0.417 e. The zero-order valence-electron chi connectivity index (χ0n) is 20.1. The van der Waals surface area contributed by atoms with E-state index in [4.69, 9.17) is 4.74 Å². The van der Waals surface area contributed by atoms with Gasteiger partial charge in [0.1, 0.15) is 11.5 Å². The van der Waals surface area contributed by atoms with Crippen molar-refractivity contribution < 1.29 is 35.9 Å². The first-order valence-electron chi connectivity index (χ1n) is 11.3. The topological polar surface area (TPSA) is 102 Å². The molecule has 0 radical (unpaired) electrons. The number of benzene rings is 3. The SMILES string of the molecule is CCCOCC(=O)NS(=O)(=O)c1ccccc1NC(=O)c1ccc(C#Cc2ccccc2)c(C(F)(F)F)c1. The molecule has 11 heteroatoms. The van der Waals surface area contributed by atoms with Gasteiger partial charge in [-0.3, -0.25) is 9.59 Å². The molecule has 0 aromatic heterocycles. The van der Waals surface area contributed by atoms with Crippen molar-refractivity contribution in [1.29, 1.82) is 0 Å². The van der Waals surface area contributed by atoms with Crippen LogP contribution in [0.3, 0.4) is 0 Å². The maximum absolute atomic E-state index is 13.8. The van der Waals surface area contributed by atoms with E-state index in [0.29, 0.717) is 18.1 Å². The molecule has 0 unspecified atom stereocenters. The van der Waals surface area contributed by atoms with Gasteiger partial charge in [0.05, 0.1) is 11.3 Å². The average Bonchev–Trinajstić information content (AvgIpc) is 2.87. The van der Waals surface area contributed by atoms with Crippen molar-refractivity contribution in [2.45, 2.75) is 24.4 Å². The molecular weight excluding hydrogens is 521 g/mol. The number of halogens is 3. The normalized spacial score (nSPS) is 11.3. The largest absolute Gasteiger partial charge is 0.417 e. The number of nitrogens with one attached hydrogen (secondary N) is 2. The second kappa shape index (κ2) is 12.4. The smallest absolute Gasteiger partial charge is 0.372 e. The number of para-hydroxylation sites is 1. The fourth-order valence-electron chi connectivity index (χ4n) is 3.23. The quantitative estimate of drug-likeness (QED) is 0.319. The van der Waals surface area contributed by atoms with Crippen LogP contribution in [0, 0.1) is 11.8 Å². The van der Waals surface area contributed by atoms with E-state index in [1.165, 1.54) is 18.2 Å². The van der Waals surface area contributed by atoms with Gasteiger partial charge in [0.25, 0.3) is 21.8 Å². The average molecular weight is 545 g/mol. The summed E-state index contributed by atoms with van der Waals surface area (Å²) in [5.41, 5.74) is -1.52. The number of amides is 2. The third kappa shape index (κ3) is 7.68. The Labute approximate surface area is 218 Å². The molecule has 0 aliphatic carbocycles. The van der Waals surface area contributed by atoms with Gasteiger partial charge >= 0.3 is 6.18 Å². The van der Waals surface area contributed by atoms with E-state index in [1.807, 2.05) is 11.6 Å². The van der Waals surface area contributed by atoms with Gasteiger partial charge in [-0.1, -0.05) is 49.1 Å². The highest BCUT2D eigenvalue weighted by Crippen LogP contribution is 2.33. The first-order valence-corrected chi connectivity index (χ1v) is 12.8. The minimum atomic E-state index is -4.80. The second-order valence-corrected chi connectivity index (χ2v) is 9.56. The van der Waals surface area contributed by atoms with Crippen molar-refractivity contribution in [2.24, 2.45) is 0 Å². The van der Waals surface area contributed by atoms with Crippen LogP contribution in [0.25, 0.3) is 0 Å². The molecule has 3 aromatic rings. The summed E-state index contributed by atoms with van der Waals surface area (Å²) in [5, 5.41) is 2.31. The van der Waals surface area contributed by atoms with Crippen LogP contribution in [0.1, 0.15) is 40.4 Å². The van der Waals surface area contributed by atoms with Crippen molar-refractivity contribution in [3.8, 4) is 11.8 Å². The van der Waals surface area contributed by atoms with Gasteiger partial charge in [0, 0.05) is 23.3 Å². The lowest BCUT2D eigenvalue weighted by Crippen LogP contribution is -2.34. The van der Waals surface area contributed by atoms with Crippen LogP contribution in [0.15, 0.2) is 77.7 Å². The van der Waals surface area contributed by atoms with Crippen LogP contribution in [0.2, 0.25) is 0 Å². The van der Waals surface area contributed by atoms with Crippen molar-refractivity contribution in [3.63, 3.8) is 0 Å². The van der Waals surface area contributed by atoms with Crippen molar-refractivity contribution in [1.82, 2.24) is 4.72 Å². The lowest BCUT2D eigenvalue weighted by Gasteiger charge is -2.14. The Morgan fingerprint density at radius 1 is 0.947 bits per heavy atom. The summed E-state index contributed by atoms with van der Waals surface area (Å²) in [5.74, 6) is 3.24. The first kappa shape index (κ1) is 28.4. The monoisotopic (exact) mass is 544 g/mol. The summed E-state index contributed by atoms with van der Waals surface area (Å²) >= 11 is 0. The molecule has 0 aliphatic rings. The van der Waals surface area contributed by atoms with Crippen LogP contribution in [-0.4, -0.2) is 33.4 Å². The van der Waals surface area contributed by atoms with Crippen molar-refractivity contribution >= 4 is 27.5 Å². The molecule has 0 saturated heterocycles. The predicted molar refractivity (Wildman–Crippen MR) is 135 cm³/mol. The number of alkyl halides is 3. The van der Waals surface area contributed by atoms with Gasteiger partial charge in [0.2, 0.25) is 0 Å². The lowest BCUT2D eigenvalue weighted by molar-refractivity contribution is -0.137. The van der Waals surface area contributed by atoms with E-state index in [0.717, 1.165) is 18.2 Å². The number of carbonyl (C=O) groups excluding carboxylic acids is 2. The Kier molecular flexibility index (Phi) is 9.28. The summed E-state index contributed by atoms with van der Waals surface area (Å²) in [4.78, 5) is 24.3. The Hall–Kier alpha value is -4.14. The number of hydrogen-bond donors (Lipinski definition) is 2. The van der Waals surface area contributed by atoms with E-state index in [9.17, 15) is 31.2 Å². The van der Waals surface area contributed by atoms with Gasteiger partial charge in [-0.05, 0) is 48.9 Å². The fraction of sp³-hybridized carbons (Fsp3) is 0.185. The van der Waals surface area contributed by atoms with Gasteiger partial charge < -0.3 is 10.1 Å². The molecule has 0 heterocycles. The fourth-order valence-corrected chi connectivity index (χ4v) is 4.37. The lowest BCUT2D eigenvalue weighted by atomic mass is 10.0. The van der Waals surface area contributed by atoms with E-state index < -0.39 is 45.1 Å². The molecule has 3 rings (SSSR count). The zero-order chi connectivity index (χ0) is 27.8. The minimum absolute atomic E-state index is 0.228. The summed E-state index contributed by atoms with van der Waals surface area (Å²) in [6.45, 7) is 1.59. The minimum Gasteiger partial charge on any atom is -0.372 e. The van der Waals surface area contributed by atoms with Gasteiger partial charge in [0.15, 0.2) is 0 Å². The highest BCUT2D eigenvalue weighted by Gasteiger charge is 2.34. The highest BCUT2D eigenvalue weighted by atomic mass is 32.2. The Bertz CT molecular complexity index is 1480. The van der Waals surface area contributed by atoms with Crippen molar-refractivity contribution in [3.05, 3.63) is 95.1 Å². The molecule has 7 nitrogen and oxygen atoms in total. The van der Waals surface area contributed by atoms with Crippen LogP contribution < -0.4 is 10.0 Å². The number of carbonyl (C=O) groups is 2. The summed E-state index contributed by atoms with van der Waals surface area (Å²) in [7, 11) is -4.42. The molecule has 0 aliphatic heterocycles. The standard InChI is InChI=1S/C27H23F3N2O5S/c1-2-16-37-18-25(33)32-38(35,36)24-11-7-6-10-23(24)31-26(34)21-15-14-20(22(17-21)27(28,29)30)13-12-19-8-4-3-5-9-19/h3-11,14-15,17H,2,16,18H2,1H3,(H,31,34)(H,32,33). The summed E-state index contributed by atoms with van der Waals surface area (Å²) < 4.78 is 73.6. The third-order valence-corrected chi connectivity index (χ3v) is 6.39. The molecule has 2 N–H and O–H groups in total. The number of rotatable bonds is 8. The van der Waals surface area contributed by atoms with Gasteiger partial charge in [-0.25, -0.2) is 13.1 Å². The molecule has 198 valence electrons. The van der Waals surface area contributed by atoms with Crippen LogP contribution in [0.5, 0.6) is 0 Å². The van der Waals surface area contributed by atoms with E-state index in [-0.39, 0.29) is 23.4 Å². The molecule has 0 fully saturated rings. The molecule has 3 aromatic carbocycles. The zero-order valence-corrected chi connectivity index (χ0v) is 20.9. The third-order valence-electron chi connectivity index (χ3n) is 4.96. The molecular formula is C27H23F3N2O5S. The Balaban J connectivity index is 1.87. The Morgan fingerprint density at radius 3 is 2.32 bits per heavy atom. The predicted octanol–water partition coefficient (Wildman–Crippen LogP) is 4.59. The molecule has 0 bridgehead atoms. The second-order valence-electron chi connectivity index (χ2n) is 7.91. The van der Waals surface area contributed by atoms with E-state index >= 15 is 0 Å². The van der Waals surface area contributed by atoms with Crippen LogP contribution >= 0.6 is 0 Å². The maximum atomic E-state index is 13.8. The summed E-state index contributed by atoms with van der Waals surface area (Å²) in [6.07, 6.45) is -4.17. The van der Waals surface area contributed by atoms with E-state index in [1.54, 1.807) is 30.3 Å². The van der Waals surface area contributed by atoms with Gasteiger partial charge in [-0.15, -0.1) is 0 Å². The van der Waals surface area contributed by atoms with E-state index in [2.05, 4.69) is 17.2 Å². The molecule has 38 heavy (non-hydrogen) atoms. The number of sulfonamides is 1. The molecule has 0 atom stereocenters. The highest BCUT2D eigenvalue weighted by molar-refractivity contribution is 7.90. The number of ether oxygens (including phenoxy) is 1. The molecule has 0 spiro atoms. The van der Waals surface area contributed by atoms with Crippen LogP contribution in [0.4, 0.5) is 18.9 Å². The molecule has 0 saturated carbocycles. The number of anilines is 1. The Morgan fingerprint density at radius 2 is 1.63 bits per heavy atom. The van der Waals surface area contributed by atoms with Crippen molar-refractivity contribution in [2.75, 3.05) is 18.5 Å². The van der Waals surface area contributed by atoms with Crippen LogP contribution in [-0.2, 0) is 25.7 Å². The summed E-state index contributed by atoms with van der Waals surface area (Å²) in [6, 6.07) is 16.5. The van der Waals surface area contributed by atoms with Gasteiger partial charge in [-0.2, -0.15) is 13.2 Å². The number of hydrogen-bond acceptors (Lipinski definition) is 5. The molecule has 2 amide bonds.